The fourth-order valence-electron chi connectivity index (χ4n) is 3.86. The number of rotatable bonds is 8. The molecule has 10 heteroatoms. The van der Waals surface area contributed by atoms with Gasteiger partial charge in [0, 0.05) is 18.6 Å². The molecule has 2 aromatic carbocycles. The minimum atomic E-state index is -4.43. The summed E-state index contributed by atoms with van der Waals surface area (Å²) in [6, 6.07) is 7.13. The normalized spacial score (nSPS) is 13.2. The van der Waals surface area contributed by atoms with Gasteiger partial charge in [-0.2, -0.15) is 13.2 Å². The topological polar surface area (TPSA) is 73.3 Å². The lowest BCUT2D eigenvalue weighted by molar-refractivity contribution is -0.138. The van der Waals surface area contributed by atoms with Crippen LogP contribution in [0.4, 0.5) is 19.0 Å². The van der Waals surface area contributed by atoms with Gasteiger partial charge in [-0.05, 0) is 57.4 Å². The van der Waals surface area contributed by atoms with Crippen molar-refractivity contribution >= 4 is 29.2 Å². The summed E-state index contributed by atoms with van der Waals surface area (Å²) in [7, 11) is -1.17. The van der Waals surface area contributed by atoms with Crippen LogP contribution >= 0.6 is 7.14 Å². The Morgan fingerprint density at radius 2 is 1.82 bits per heavy atom. The molecular formula is C24H29F3N3O3P. The molecule has 0 radical (unpaired) electrons. The third-order valence-electron chi connectivity index (χ3n) is 5.51. The summed E-state index contributed by atoms with van der Waals surface area (Å²) in [6.45, 7) is 8.93. The van der Waals surface area contributed by atoms with Gasteiger partial charge in [0.25, 0.3) is 0 Å². The Labute approximate surface area is 197 Å². The molecule has 1 heterocycles. The highest BCUT2D eigenvalue weighted by Gasteiger charge is 2.33. The maximum absolute atomic E-state index is 13.4. The maximum Gasteiger partial charge on any atom is 0.416 e. The van der Waals surface area contributed by atoms with Crippen LogP contribution < -0.4 is 15.4 Å². The number of hydrogen-bond donors (Lipinski definition) is 1. The van der Waals surface area contributed by atoms with Gasteiger partial charge in [0.2, 0.25) is 0 Å². The minimum Gasteiger partial charge on any atom is -0.490 e. The number of halogens is 3. The Morgan fingerprint density at radius 1 is 1.12 bits per heavy atom. The molecule has 1 N–H and O–H groups in total. The lowest BCUT2D eigenvalue weighted by Gasteiger charge is -2.22. The number of alkyl halides is 3. The van der Waals surface area contributed by atoms with E-state index in [0.717, 1.165) is 6.07 Å². The lowest BCUT2D eigenvalue weighted by Crippen LogP contribution is -2.16. The molecule has 0 unspecified atom stereocenters. The van der Waals surface area contributed by atoms with Crippen LogP contribution in [0.2, 0.25) is 0 Å². The SMILES string of the molecule is COCCOc1cc2nc(C)nc(N[C@H](C)c3cccc(C(F)(F)F)c3C)c2cc1P(C)(C)=O. The van der Waals surface area contributed by atoms with E-state index in [-0.39, 0.29) is 12.2 Å². The highest BCUT2D eigenvalue weighted by molar-refractivity contribution is 7.70. The van der Waals surface area contributed by atoms with Gasteiger partial charge in [0.1, 0.15) is 31.1 Å². The average molecular weight is 495 g/mol. The third-order valence-corrected chi connectivity index (χ3v) is 7.02. The summed E-state index contributed by atoms with van der Waals surface area (Å²) in [4.78, 5) is 8.99. The zero-order valence-electron chi connectivity index (χ0n) is 20.1. The zero-order chi connectivity index (χ0) is 25.3. The van der Waals surface area contributed by atoms with Gasteiger partial charge in [-0.3, -0.25) is 0 Å². The monoisotopic (exact) mass is 495 g/mol. The van der Waals surface area contributed by atoms with Crippen molar-refractivity contribution < 1.29 is 27.2 Å². The molecule has 3 aromatic rings. The first-order valence-electron chi connectivity index (χ1n) is 10.8. The molecule has 1 atom stereocenters. The molecule has 0 aliphatic rings. The molecule has 0 saturated heterocycles. The first-order chi connectivity index (χ1) is 15.8. The average Bonchev–Trinajstić information content (AvgIpc) is 2.71. The summed E-state index contributed by atoms with van der Waals surface area (Å²) in [5, 5.41) is 4.39. The number of benzene rings is 2. The van der Waals surface area contributed by atoms with E-state index in [1.54, 1.807) is 52.5 Å². The summed E-state index contributed by atoms with van der Waals surface area (Å²) in [6.07, 6.45) is -4.43. The highest BCUT2D eigenvalue weighted by Crippen LogP contribution is 2.41. The zero-order valence-corrected chi connectivity index (χ0v) is 21.0. The number of nitrogens with one attached hydrogen (secondary N) is 1. The van der Waals surface area contributed by atoms with E-state index in [1.165, 1.54) is 13.0 Å². The van der Waals surface area contributed by atoms with Crippen LogP contribution in [0.3, 0.4) is 0 Å². The largest absolute Gasteiger partial charge is 0.490 e. The van der Waals surface area contributed by atoms with E-state index in [0.29, 0.717) is 45.8 Å². The fraction of sp³-hybridized carbons (Fsp3) is 0.417. The number of nitrogens with zero attached hydrogens (tertiary/aromatic N) is 2. The highest BCUT2D eigenvalue weighted by atomic mass is 31.2. The Morgan fingerprint density at radius 3 is 2.44 bits per heavy atom. The van der Waals surface area contributed by atoms with Gasteiger partial charge in [0.15, 0.2) is 0 Å². The Bertz CT molecular complexity index is 1240. The first-order valence-corrected chi connectivity index (χ1v) is 13.4. The smallest absolute Gasteiger partial charge is 0.416 e. The number of aromatic nitrogens is 2. The molecule has 6 nitrogen and oxygen atoms in total. The lowest BCUT2D eigenvalue weighted by atomic mass is 9.97. The van der Waals surface area contributed by atoms with Crippen LogP contribution in [0.1, 0.15) is 35.5 Å². The number of fused-ring (bicyclic) bond motifs is 1. The molecule has 0 aliphatic carbocycles. The molecule has 1 aromatic heterocycles. The molecule has 0 fully saturated rings. The molecule has 0 amide bonds. The summed E-state index contributed by atoms with van der Waals surface area (Å²) in [5.74, 6) is 1.39. The van der Waals surface area contributed by atoms with E-state index >= 15 is 0 Å². The third kappa shape index (κ3) is 5.70. The molecule has 184 valence electrons. The van der Waals surface area contributed by atoms with E-state index < -0.39 is 24.9 Å². The molecule has 3 rings (SSSR count). The van der Waals surface area contributed by atoms with Crippen LogP contribution in [-0.4, -0.2) is 43.6 Å². The van der Waals surface area contributed by atoms with Crippen molar-refractivity contribution in [2.75, 3.05) is 39.0 Å². The molecule has 0 aliphatic heterocycles. The Balaban J connectivity index is 2.09. The van der Waals surface area contributed by atoms with Gasteiger partial charge in [-0.1, -0.05) is 12.1 Å². The van der Waals surface area contributed by atoms with Crippen molar-refractivity contribution in [1.82, 2.24) is 9.97 Å². The van der Waals surface area contributed by atoms with Crippen LogP contribution in [0, 0.1) is 13.8 Å². The first kappa shape index (κ1) is 26.0. The van der Waals surface area contributed by atoms with Crippen molar-refractivity contribution in [3.63, 3.8) is 0 Å². The quantitative estimate of drug-likeness (QED) is 0.319. The fourth-order valence-corrected chi connectivity index (χ4v) is 4.95. The van der Waals surface area contributed by atoms with Gasteiger partial charge < -0.3 is 19.4 Å². The van der Waals surface area contributed by atoms with E-state index in [4.69, 9.17) is 9.47 Å². The summed E-state index contributed by atoms with van der Waals surface area (Å²) in [5.41, 5.74) is 0.579. The number of aryl methyl sites for hydroxylation is 1. The van der Waals surface area contributed by atoms with E-state index in [1.807, 2.05) is 0 Å². The van der Waals surface area contributed by atoms with Crippen molar-refractivity contribution in [3.05, 3.63) is 52.8 Å². The molecular weight excluding hydrogens is 466 g/mol. The van der Waals surface area contributed by atoms with Gasteiger partial charge in [0.05, 0.1) is 29.0 Å². The van der Waals surface area contributed by atoms with E-state index in [9.17, 15) is 17.7 Å². The minimum absolute atomic E-state index is 0.159. The summed E-state index contributed by atoms with van der Waals surface area (Å²) >= 11 is 0. The Hall–Kier alpha value is -2.64. The standard InChI is InChI=1S/C24H29F3N3O3P/c1-14-17(8-7-9-19(14)24(25,26)27)15(2)28-23-18-12-22(34(5,6)31)21(33-11-10-32-4)13-20(18)29-16(3)30-23/h7-9,12-13,15H,10-11H2,1-6H3,(H,28,29,30)/t15-/m1/s1. The number of ether oxygens (including phenoxy) is 2. The van der Waals surface area contributed by atoms with Gasteiger partial charge in [-0.25, -0.2) is 9.97 Å². The van der Waals surface area contributed by atoms with Crippen molar-refractivity contribution in [2.24, 2.45) is 0 Å². The van der Waals surface area contributed by atoms with E-state index in [2.05, 4.69) is 15.3 Å². The van der Waals surface area contributed by atoms with Crippen molar-refractivity contribution in [2.45, 2.75) is 33.0 Å². The summed E-state index contributed by atoms with van der Waals surface area (Å²) < 4.78 is 64.1. The number of methoxy groups -OCH3 is 1. The Kier molecular flexibility index (Phi) is 7.58. The van der Waals surface area contributed by atoms with Crippen molar-refractivity contribution in [3.8, 4) is 5.75 Å². The van der Waals surface area contributed by atoms with Gasteiger partial charge >= 0.3 is 6.18 Å². The maximum atomic E-state index is 13.4. The number of anilines is 1. The van der Waals surface area contributed by atoms with Crippen molar-refractivity contribution in [1.29, 1.82) is 0 Å². The van der Waals surface area contributed by atoms with Gasteiger partial charge in [-0.15, -0.1) is 0 Å². The second kappa shape index (κ2) is 9.92. The van der Waals surface area contributed by atoms with Crippen LogP contribution in [0.15, 0.2) is 30.3 Å². The second-order valence-electron chi connectivity index (χ2n) is 8.53. The molecule has 0 bridgehead atoms. The van der Waals surface area contributed by atoms with Crippen LogP contribution in [-0.2, 0) is 15.5 Å². The molecule has 0 spiro atoms. The number of hydrogen-bond acceptors (Lipinski definition) is 6. The van der Waals surface area contributed by atoms with Crippen LogP contribution in [0.25, 0.3) is 10.9 Å². The predicted octanol–water partition coefficient (Wildman–Crippen LogP) is 5.71. The van der Waals surface area contributed by atoms with Crippen LogP contribution in [0.5, 0.6) is 5.75 Å². The molecule has 34 heavy (non-hydrogen) atoms. The second-order valence-corrected chi connectivity index (χ2v) is 11.7. The predicted molar refractivity (Wildman–Crippen MR) is 129 cm³/mol. The molecule has 0 saturated carbocycles.